The number of rotatable bonds is 7. The van der Waals surface area contributed by atoms with Crippen LogP contribution in [-0.2, 0) is 5.41 Å². The number of H-pyrrole nitrogens is 1. The van der Waals surface area contributed by atoms with Crippen molar-refractivity contribution in [1.29, 1.82) is 0 Å². The number of aromatic amines is 1. The highest BCUT2D eigenvalue weighted by Gasteiger charge is 2.48. The third kappa shape index (κ3) is 4.19. The first-order chi connectivity index (χ1) is 20.0. The van der Waals surface area contributed by atoms with Crippen LogP contribution in [0.3, 0.4) is 0 Å². The molecule has 0 spiro atoms. The molecule has 7 nitrogen and oxygen atoms in total. The number of amides is 1. The zero-order valence-corrected chi connectivity index (χ0v) is 22.2. The molecule has 0 aliphatic heterocycles. The van der Waals surface area contributed by atoms with Crippen molar-refractivity contribution in [2.24, 2.45) is 0 Å². The lowest BCUT2D eigenvalue weighted by Gasteiger charge is -2.13. The highest BCUT2D eigenvalue weighted by Crippen LogP contribution is 2.50. The maximum Gasteiger partial charge on any atom is 0.255 e. The van der Waals surface area contributed by atoms with E-state index in [2.05, 4.69) is 20.3 Å². The van der Waals surface area contributed by atoms with Gasteiger partial charge in [-0.15, -0.1) is 0 Å². The summed E-state index contributed by atoms with van der Waals surface area (Å²) < 4.78 is 20.0. The van der Waals surface area contributed by atoms with Crippen molar-refractivity contribution in [1.82, 2.24) is 20.3 Å². The zero-order valence-electron chi connectivity index (χ0n) is 22.2. The van der Waals surface area contributed by atoms with Crippen molar-refractivity contribution in [3.05, 3.63) is 108 Å². The first kappa shape index (κ1) is 24.9. The number of Topliss-reactive ketones (excluding diaryl/α,β-unsaturated/α-hetero) is 1. The summed E-state index contributed by atoms with van der Waals surface area (Å²) in [5.41, 5.74) is 4.30. The van der Waals surface area contributed by atoms with Gasteiger partial charge in [0, 0.05) is 64.9 Å². The molecule has 0 unspecified atom stereocenters. The largest absolute Gasteiger partial charge is 0.454 e. The number of carbonyl (C=O) groups is 2. The average molecular weight is 545 g/mol. The van der Waals surface area contributed by atoms with Gasteiger partial charge >= 0.3 is 0 Å². The second-order valence-electron chi connectivity index (χ2n) is 10.5. The van der Waals surface area contributed by atoms with Crippen LogP contribution >= 0.6 is 0 Å². The van der Waals surface area contributed by atoms with Crippen LogP contribution < -0.4 is 5.32 Å². The molecule has 1 aliphatic carbocycles. The molecule has 1 aliphatic rings. The van der Waals surface area contributed by atoms with E-state index in [1.165, 1.54) is 12.1 Å². The van der Waals surface area contributed by atoms with E-state index in [4.69, 9.17) is 4.42 Å². The molecule has 0 bridgehead atoms. The predicted octanol–water partition coefficient (Wildman–Crippen LogP) is 6.84. The minimum atomic E-state index is -0.375. The summed E-state index contributed by atoms with van der Waals surface area (Å²) in [6.45, 7) is 0. The van der Waals surface area contributed by atoms with E-state index < -0.39 is 0 Å². The third-order valence-corrected chi connectivity index (χ3v) is 7.94. The maximum atomic E-state index is 13.7. The van der Waals surface area contributed by atoms with Crippen LogP contribution in [0.1, 0.15) is 45.8 Å². The van der Waals surface area contributed by atoms with E-state index in [9.17, 15) is 14.0 Å². The number of fused-ring (bicyclic) bond motifs is 3. The molecule has 0 atom stereocenters. The minimum absolute atomic E-state index is 0.0357. The number of aromatic nitrogens is 3. The summed E-state index contributed by atoms with van der Waals surface area (Å²) in [5.74, 6) is 0.432. The highest BCUT2D eigenvalue weighted by molar-refractivity contribution is 6.19. The van der Waals surface area contributed by atoms with Crippen molar-refractivity contribution in [2.75, 3.05) is 7.05 Å². The Kier molecular flexibility index (Phi) is 5.78. The maximum absolute atomic E-state index is 13.7. The van der Waals surface area contributed by atoms with Crippen molar-refractivity contribution in [3.8, 4) is 22.5 Å². The Morgan fingerprint density at radius 2 is 1.76 bits per heavy atom. The van der Waals surface area contributed by atoms with Crippen molar-refractivity contribution >= 4 is 33.6 Å². The Balaban J connectivity index is 1.34. The van der Waals surface area contributed by atoms with E-state index >= 15 is 0 Å². The lowest BCUT2D eigenvalue weighted by Crippen LogP contribution is -2.18. The van der Waals surface area contributed by atoms with Crippen LogP contribution in [0.15, 0.2) is 89.7 Å². The molecule has 2 N–H and O–H groups in total. The molecular formula is C33H25FN4O3. The number of carbonyl (C=O) groups excluding carboxylic acids is 2. The molecule has 1 saturated carbocycles. The molecule has 8 heteroatoms. The van der Waals surface area contributed by atoms with Crippen LogP contribution in [0.5, 0.6) is 0 Å². The van der Waals surface area contributed by atoms with Crippen LogP contribution in [0, 0.1) is 5.82 Å². The summed E-state index contributed by atoms with van der Waals surface area (Å²) in [4.78, 5) is 38.8. The van der Waals surface area contributed by atoms with Crippen LogP contribution in [0.25, 0.3) is 44.3 Å². The van der Waals surface area contributed by atoms with Crippen LogP contribution in [0.4, 0.5) is 4.39 Å². The molecule has 202 valence electrons. The van der Waals surface area contributed by atoms with Crippen LogP contribution in [0.2, 0.25) is 0 Å². The van der Waals surface area contributed by atoms with Gasteiger partial charge in [0.15, 0.2) is 5.78 Å². The number of hydrogen-bond donors (Lipinski definition) is 2. The fourth-order valence-corrected chi connectivity index (χ4v) is 5.64. The molecule has 1 amide bonds. The van der Waals surface area contributed by atoms with Gasteiger partial charge < -0.3 is 14.7 Å². The Labute approximate surface area is 234 Å². The molecule has 0 radical (unpaired) electrons. The van der Waals surface area contributed by atoms with Gasteiger partial charge in [-0.1, -0.05) is 18.2 Å². The quantitative estimate of drug-likeness (QED) is 0.214. The Hall–Kier alpha value is -5.11. The molecule has 6 aromatic rings. The van der Waals surface area contributed by atoms with E-state index in [1.807, 2.05) is 42.6 Å². The third-order valence-electron chi connectivity index (χ3n) is 7.94. The molecule has 7 rings (SSSR count). The smallest absolute Gasteiger partial charge is 0.255 e. The average Bonchev–Trinajstić information content (AvgIpc) is 3.44. The van der Waals surface area contributed by atoms with Gasteiger partial charge in [0.2, 0.25) is 0 Å². The molecule has 41 heavy (non-hydrogen) atoms. The standard InChI is InChI=1S/C33H25FN4O3/c1-35-31(40)27-25-17-24(28-23(10-15-36-28)30(25)41-29(27)19-6-8-22(34)9-7-19)20-4-2-5-21(16-20)26(39)18-33(11-12-33)32-37-13-3-14-38-32/h2-10,13-17,36H,11-12,18H2,1H3,(H,35,40). The normalized spacial score (nSPS) is 13.9. The van der Waals surface area contributed by atoms with E-state index in [0.717, 1.165) is 40.7 Å². The summed E-state index contributed by atoms with van der Waals surface area (Å²) in [5, 5.41) is 4.13. The summed E-state index contributed by atoms with van der Waals surface area (Å²) >= 11 is 0. The highest BCUT2D eigenvalue weighted by atomic mass is 19.1. The monoisotopic (exact) mass is 544 g/mol. The van der Waals surface area contributed by atoms with Crippen molar-refractivity contribution < 1.29 is 18.4 Å². The fraction of sp³-hybridized carbons (Fsp3) is 0.152. The fourth-order valence-electron chi connectivity index (χ4n) is 5.64. The Morgan fingerprint density at radius 3 is 2.49 bits per heavy atom. The number of nitrogens with one attached hydrogen (secondary N) is 2. The van der Waals surface area contributed by atoms with Gasteiger partial charge in [-0.2, -0.15) is 0 Å². The Morgan fingerprint density at radius 1 is 0.976 bits per heavy atom. The first-order valence-corrected chi connectivity index (χ1v) is 13.4. The van der Waals surface area contributed by atoms with Gasteiger partial charge in [0.05, 0.1) is 11.1 Å². The lowest BCUT2D eigenvalue weighted by atomic mass is 9.92. The summed E-state index contributed by atoms with van der Waals surface area (Å²) in [6.07, 6.45) is 7.38. The predicted molar refractivity (Wildman–Crippen MR) is 154 cm³/mol. The second-order valence-corrected chi connectivity index (χ2v) is 10.5. The Bertz CT molecular complexity index is 1950. The number of ketones is 1. The van der Waals surface area contributed by atoms with Gasteiger partial charge in [-0.05, 0) is 66.9 Å². The molecule has 3 aromatic carbocycles. The van der Waals surface area contributed by atoms with Crippen molar-refractivity contribution in [3.63, 3.8) is 0 Å². The number of halogens is 1. The van der Waals surface area contributed by atoms with Gasteiger partial charge in [-0.25, -0.2) is 14.4 Å². The second kappa shape index (κ2) is 9.52. The molecule has 3 aromatic heterocycles. The molecule has 3 heterocycles. The summed E-state index contributed by atoms with van der Waals surface area (Å²) in [7, 11) is 1.56. The van der Waals surface area contributed by atoms with Gasteiger partial charge in [-0.3, -0.25) is 9.59 Å². The summed E-state index contributed by atoms with van der Waals surface area (Å²) in [6, 6.07) is 19.0. The van der Waals surface area contributed by atoms with E-state index in [0.29, 0.717) is 39.8 Å². The van der Waals surface area contributed by atoms with Crippen LogP contribution in [-0.4, -0.2) is 33.7 Å². The minimum Gasteiger partial charge on any atom is -0.454 e. The van der Waals surface area contributed by atoms with Gasteiger partial charge in [0.25, 0.3) is 5.91 Å². The van der Waals surface area contributed by atoms with Crippen molar-refractivity contribution in [2.45, 2.75) is 24.7 Å². The molecule has 0 saturated heterocycles. The lowest BCUT2D eigenvalue weighted by molar-refractivity contribution is 0.0958. The SMILES string of the molecule is CNC(=O)c1c(-c2ccc(F)cc2)oc2c1cc(-c1cccc(C(=O)CC3(c4ncccn4)CC3)c1)c1[nH]ccc12. The number of hydrogen-bond acceptors (Lipinski definition) is 5. The first-order valence-electron chi connectivity index (χ1n) is 13.4. The zero-order chi connectivity index (χ0) is 28.1. The number of furan rings is 1. The topological polar surface area (TPSA) is 101 Å². The van der Waals surface area contributed by atoms with E-state index in [-0.39, 0.29) is 22.9 Å². The number of benzene rings is 3. The van der Waals surface area contributed by atoms with E-state index in [1.54, 1.807) is 37.6 Å². The van der Waals surface area contributed by atoms with Gasteiger partial charge in [0.1, 0.15) is 23.0 Å². The number of nitrogens with zero attached hydrogens (tertiary/aromatic N) is 2. The molecule has 1 fully saturated rings. The molecular weight excluding hydrogens is 519 g/mol.